The van der Waals surface area contributed by atoms with Crippen LogP contribution in [-0.4, -0.2) is 49.3 Å². The van der Waals surface area contributed by atoms with Gasteiger partial charge in [0.2, 0.25) is 0 Å². The summed E-state index contributed by atoms with van der Waals surface area (Å²) in [6, 6.07) is 0. The van der Waals surface area contributed by atoms with Crippen LogP contribution in [0.15, 0.2) is 97.2 Å². The number of carbonyl (C=O) groups excluding carboxylic acids is 2. The normalized spacial score (nSPS) is 13.8. The van der Waals surface area contributed by atoms with Gasteiger partial charge >= 0.3 is 19.8 Å². The third-order valence-electron chi connectivity index (χ3n) is 12.5. The molecule has 0 amide bonds. The Hall–Kier alpha value is -3.07. The number of ether oxygens (including phenoxy) is 2. The van der Waals surface area contributed by atoms with Crippen LogP contribution in [0, 0.1) is 0 Å². The van der Waals surface area contributed by atoms with Gasteiger partial charge in [-0.2, -0.15) is 0 Å². The van der Waals surface area contributed by atoms with Gasteiger partial charge in [0.1, 0.15) is 6.61 Å². The Morgan fingerprint density at radius 3 is 1.12 bits per heavy atom. The maximum Gasteiger partial charge on any atom is 0.472 e. The summed E-state index contributed by atoms with van der Waals surface area (Å²) in [4.78, 5) is 35.2. The Bertz CT molecular complexity index is 1510. The van der Waals surface area contributed by atoms with Gasteiger partial charge in [0.25, 0.3) is 0 Å². The summed E-state index contributed by atoms with van der Waals surface area (Å²) >= 11 is 0. The number of allylic oxidation sites excluding steroid dienone is 16. The molecular weight excluding hydrogens is 930 g/mol. The zero-order valence-electron chi connectivity index (χ0n) is 46.8. The van der Waals surface area contributed by atoms with Crippen molar-refractivity contribution in [2.75, 3.05) is 26.4 Å². The molecule has 0 aromatic rings. The minimum absolute atomic E-state index is 0.0422. The highest BCUT2D eigenvalue weighted by Gasteiger charge is 2.26. The smallest absolute Gasteiger partial charge is 0.462 e. The fourth-order valence-electron chi connectivity index (χ4n) is 8.12. The molecule has 0 aliphatic carbocycles. The van der Waals surface area contributed by atoms with Crippen LogP contribution in [0.5, 0.6) is 0 Å². The van der Waals surface area contributed by atoms with Crippen molar-refractivity contribution >= 4 is 19.8 Å². The maximum absolute atomic E-state index is 12.7. The van der Waals surface area contributed by atoms with Gasteiger partial charge in [-0.1, -0.05) is 265 Å². The Kier molecular flexibility index (Phi) is 55.7. The third kappa shape index (κ3) is 58.1. The number of unbranched alkanes of at least 4 members (excludes halogenated alkanes) is 26. The Morgan fingerprint density at radius 2 is 0.753 bits per heavy atom. The van der Waals surface area contributed by atoms with Crippen molar-refractivity contribution in [2.24, 2.45) is 5.73 Å². The lowest BCUT2D eigenvalue weighted by Gasteiger charge is -2.19. The fourth-order valence-corrected chi connectivity index (χ4v) is 8.89. The second-order valence-electron chi connectivity index (χ2n) is 19.5. The van der Waals surface area contributed by atoms with Gasteiger partial charge in [-0.3, -0.25) is 18.6 Å². The first-order valence-electron chi connectivity index (χ1n) is 29.7. The van der Waals surface area contributed by atoms with Crippen molar-refractivity contribution < 1.29 is 37.6 Å². The van der Waals surface area contributed by atoms with Crippen molar-refractivity contribution in [2.45, 2.75) is 264 Å². The molecule has 0 spiro atoms. The van der Waals surface area contributed by atoms with E-state index in [9.17, 15) is 19.0 Å². The Balaban J connectivity index is 4.06. The summed E-state index contributed by atoms with van der Waals surface area (Å²) < 4.78 is 33.0. The van der Waals surface area contributed by atoms with E-state index in [1.807, 2.05) is 0 Å². The predicted octanol–water partition coefficient (Wildman–Crippen LogP) is 18.8. The minimum atomic E-state index is -4.41. The van der Waals surface area contributed by atoms with Gasteiger partial charge in [0.05, 0.1) is 13.2 Å². The van der Waals surface area contributed by atoms with E-state index in [1.165, 1.54) is 141 Å². The van der Waals surface area contributed by atoms with Gasteiger partial charge in [-0.15, -0.1) is 0 Å². The standard InChI is InChI=1S/C63H110NO8P/c1-3-5-7-9-11-13-15-17-19-21-23-25-27-29-30-32-34-36-38-40-42-44-46-48-50-52-54-56-63(66)72-61(60-71-73(67,68)70-58-57-64)59-69-62(65)55-53-51-49-47-45-43-41-39-37-35-33-31-28-26-24-22-20-18-16-14-12-10-8-6-4-2/h5,7,11,13,17,19,23,25,29-30,34,36,40,42,46,48,61H,3-4,6,8-10,12,14-16,18,20-22,24,26-28,31-33,35,37-39,41,43-45,47,49-60,64H2,1-2H3,(H,67,68)/b7-5-,13-11-,19-17-,25-23-,30-29-,36-34-,42-40-,48-46-. The van der Waals surface area contributed by atoms with E-state index in [0.717, 1.165) is 83.5 Å². The number of carbonyl (C=O) groups is 2. The molecule has 0 aliphatic heterocycles. The molecule has 0 saturated carbocycles. The lowest BCUT2D eigenvalue weighted by molar-refractivity contribution is -0.161. The quantitative estimate of drug-likeness (QED) is 0.0264. The molecular formula is C63H110NO8P. The number of esters is 2. The van der Waals surface area contributed by atoms with Gasteiger partial charge in [0, 0.05) is 19.4 Å². The lowest BCUT2D eigenvalue weighted by Crippen LogP contribution is -2.29. The van der Waals surface area contributed by atoms with Crippen molar-refractivity contribution in [3.63, 3.8) is 0 Å². The summed E-state index contributed by atoms with van der Waals surface area (Å²) in [7, 11) is -4.41. The van der Waals surface area contributed by atoms with Crippen molar-refractivity contribution in [3.8, 4) is 0 Å². The topological polar surface area (TPSA) is 134 Å². The minimum Gasteiger partial charge on any atom is -0.462 e. The number of nitrogens with two attached hydrogens (primary N) is 1. The zero-order valence-corrected chi connectivity index (χ0v) is 47.7. The van der Waals surface area contributed by atoms with Crippen molar-refractivity contribution in [3.05, 3.63) is 97.2 Å². The second-order valence-corrected chi connectivity index (χ2v) is 20.9. The average Bonchev–Trinajstić information content (AvgIpc) is 3.38. The van der Waals surface area contributed by atoms with Crippen LogP contribution in [0.1, 0.15) is 258 Å². The number of hydrogen-bond donors (Lipinski definition) is 2. The first-order valence-corrected chi connectivity index (χ1v) is 31.2. The van der Waals surface area contributed by atoms with E-state index in [0.29, 0.717) is 6.42 Å². The molecule has 0 radical (unpaired) electrons. The number of phosphoric acid groups is 1. The van der Waals surface area contributed by atoms with Crippen molar-refractivity contribution in [1.82, 2.24) is 0 Å². The summed E-state index contributed by atoms with van der Waals surface area (Å²) in [5.41, 5.74) is 5.38. The molecule has 2 unspecified atom stereocenters. The molecule has 0 aromatic carbocycles. The van der Waals surface area contributed by atoms with Crippen LogP contribution < -0.4 is 5.73 Å². The van der Waals surface area contributed by atoms with E-state index >= 15 is 0 Å². The van der Waals surface area contributed by atoms with Crippen LogP contribution in [0.3, 0.4) is 0 Å². The highest BCUT2D eigenvalue weighted by molar-refractivity contribution is 7.47. The Labute approximate surface area is 448 Å². The molecule has 0 heterocycles. The van der Waals surface area contributed by atoms with E-state index in [4.69, 9.17) is 24.3 Å². The first kappa shape index (κ1) is 69.9. The molecule has 2 atom stereocenters. The van der Waals surface area contributed by atoms with Gasteiger partial charge < -0.3 is 20.1 Å². The van der Waals surface area contributed by atoms with E-state index < -0.39 is 32.5 Å². The van der Waals surface area contributed by atoms with Crippen LogP contribution in [0.2, 0.25) is 0 Å². The SMILES string of the molecule is CC/C=C\C/C=C\C/C=C\C/C=C\C/C=C\C/C=C\C/C=C\C/C=C\CCCCC(=O)OC(COC(=O)CCCCCCCCCCCCCCCCCCCCCCCCCCC)COP(=O)(O)OCCN. The molecule has 9 nitrogen and oxygen atoms in total. The fraction of sp³-hybridized carbons (Fsp3) is 0.714. The van der Waals surface area contributed by atoms with Crippen LogP contribution in [-0.2, 0) is 32.7 Å². The lowest BCUT2D eigenvalue weighted by atomic mass is 10.0. The number of phosphoric ester groups is 1. The van der Waals surface area contributed by atoms with Crippen LogP contribution >= 0.6 is 7.82 Å². The molecule has 73 heavy (non-hydrogen) atoms. The molecule has 0 aliphatic rings. The molecule has 0 bridgehead atoms. The van der Waals surface area contributed by atoms with Gasteiger partial charge in [-0.05, 0) is 77.0 Å². The maximum atomic E-state index is 12.7. The molecule has 420 valence electrons. The first-order chi connectivity index (χ1) is 35.8. The highest BCUT2D eigenvalue weighted by atomic mass is 31.2. The summed E-state index contributed by atoms with van der Waals surface area (Å²) in [5, 5.41) is 0. The van der Waals surface area contributed by atoms with Crippen molar-refractivity contribution in [1.29, 1.82) is 0 Å². The summed E-state index contributed by atoms with van der Waals surface area (Å²) in [6.07, 6.45) is 77.6. The van der Waals surface area contributed by atoms with E-state index in [-0.39, 0.29) is 32.6 Å². The second kappa shape index (κ2) is 58.2. The number of rotatable bonds is 55. The molecule has 0 aromatic heterocycles. The Morgan fingerprint density at radius 1 is 0.425 bits per heavy atom. The largest absolute Gasteiger partial charge is 0.472 e. The predicted molar refractivity (Wildman–Crippen MR) is 312 cm³/mol. The average molecular weight is 1040 g/mol. The van der Waals surface area contributed by atoms with E-state index in [2.05, 4.69) is 111 Å². The van der Waals surface area contributed by atoms with E-state index in [1.54, 1.807) is 0 Å². The third-order valence-corrected chi connectivity index (χ3v) is 13.5. The molecule has 10 heteroatoms. The zero-order chi connectivity index (χ0) is 53.1. The van der Waals surface area contributed by atoms with Gasteiger partial charge in [-0.25, -0.2) is 4.57 Å². The monoisotopic (exact) mass is 1040 g/mol. The molecule has 3 N–H and O–H groups in total. The highest BCUT2D eigenvalue weighted by Crippen LogP contribution is 2.43. The van der Waals surface area contributed by atoms with Crippen LogP contribution in [0.25, 0.3) is 0 Å². The van der Waals surface area contributed by atoms with Crippen LogP contribution in [0.4, 0.5) is 0 Å². The number of hydrogen-bond acceptors (Lipinski definition) is 8. The summed E-state index contributed by atoms with van der Waals surface area (Å²) in [5.74, 6) is -0.876. The molecule has 0 rings (SSSR count). The van der Waals surface area contributed by atoms with Gasteiger partial charge in [0.15, 0.2) is 6.10 Å². The summed E-state index contributed by atoms with van der Waals surface area (Å²) in [6.45, 7) is 3.60. The molecule has 0 saturated heterocycles. The molecule has 0 fully saturated rings.